The number of rotatable bonds is 5. The fourth-order valence-corrected chi connectivity index (χ4v) is 3.38. The van der Waals surface area contributed by atoms with Gasteiger partial charge < -0.3 is 9.64 Å². The van der Waals surface area contributed by atoms with Gasteiger partial charge in [0.2, 0.25) is 0 Å². The molecule has 1 fully saturated rings. The Morgan fingerprint density at radius 1 is 1.35 bits per heavy atom. The van der Waals surface area contributed by atoms with Crippen LogP contribution in [0.5, 0.6) is 0 Å². The minimum absolute atomic E-state index is 0.120. The van der Waals surface area contributed by atoms with E-state index < -0.39 is 0 Å². The summed E-state index contributed by atoms with van der Waals surface area (Å²) >= 11 is 1.74. The van der Waals surface area contributed by atoms with E-state index >= 15 is 0 Å². The second kappa shape index (κ2) is 7.20. The lowest BCUT2D eigenvalue weighted by molar-refractivity contribution is -0.144. The summed E-state index contributed by atoms with van der Waals surface area (Å²) in [5.41, 5.74) is 1.37. The minimum atomic E-state index is -0.319. The van der Waals surface area contributed by atoms with Crippen molar-refractivity contribution in [3.8, 4) is 0 Å². The minimum Gasteiger partial charge on any atom is -0.369 e. The van der Waals surface area contributed by atoms with Gasteiger partial charge in [0.1, 0.15) is 6.10 Å². The third kappa shape index (κ3) is 3.59. The van der Waals surface area contributed by atoms with Gasteiger partial charge in [-0.3, -0.25) is 9.69 Å². The molecule has 2 unspecified atom stereocenters. The summed E-state index contributed by atoms with van der Waals surface area (Å²) in [7, 11) is 0. The van der Waals surface area contributed by atoms with Crippen LogP contribution < -0.4 is 0 Å². The monoisotopic (exact) mass is 296 g/mol. The van der Waals surface area contributed by atoms with Gasteiger partial charge in [-0.1, -0.05) is 0 Å². The van der Waals surface area contributed by atoms with Crippen molar-refractivity contribution in [1.82, 2.24) is 9.80 Å². The van der Waals surface area contributed by atoms with E-state index in [0.717, 1.165) is 26.2 Å². The highest BCUT2D eigenvalue weighted by Gasteiger charge is 2.27. The van der Waals surface area contributed by atoms with E-state index in [2.05, 4.69) is 28.7 Å². The highest BCUT2D eigenvalue weighted by atomic mass is 32.1. The van der Waals surface area contributed by atoms with Crippen LogP contribution in [0, 0.1) is 0 Å². The smallest absolute Gasteiger partial charge is 0.251 e. The van der Waals surface area contributed by atoms with Crippen LogP contribution in [0.1, 0.15) is 32.4 Å². The Kier molecular flexibility index (Phi) is 5.57. The summed E-state index contributed by atoms with van der Waals surface area (Å²) in [6, 6.07) is 2.62. The van der Waals surface area contributed by atoms with E-state index in [4.69, 9.17) is 4.74 Å². The molecule has 1 aliphatic rings. The summed E-state index contributed by atoms with van der Waals surface area (Å²) in [4.78, 5) is 16.5. The van der Waals surface area contributed by atoms with Crippen molar-refractivity contribution in [1.29, 1.82) is 0 Å². The van der Waals surface area contributed by atoms with Gasteiger partial charge in [0, 0.05) is 38.8 Å². The summed E-state index contributed by atoms with van der Waals surface area (Å²) in [5.74, 6) is 0.120. The van der Waals surface area contributed by atoms with E-state index in [-0.39, 0.29) is 12.0 Å². The molecular formula is C15H24N2O2S. The predicted molar refractivity (Wildman–Crippen MR) is 82.0 cm³/mol. The maximum absolute atomic E-state index is 12.2. The van der Waals surface area contributed by atoms with E-state index in [9.17, 15) is 4.79 Å². The van der Waals surface area contributed by atoms with E-state index in [0.29, 0.717) is 12.6 Å². The average Bonchev–Trinajstić information content (AvgIpc) is 3.00. The third-order valence-electron chi connectivity index (χ3n) is 3.96. The normalized spacial score (nSPS) is 19.9. The van der Waals surface area contributed by atoms with Crippen molar-refractivity contribution in [2.75, 3.05) is 32.8 Å². The van der Waals surface area contributed by atoms with Gasteiger partial charge >= 0.3 is 0 Å². The Labute approximate surface area is 125 Å². The van der Waals surface area contributed by atoms with E-state index in [1.54, 1.807) is 11.3 Å². The molecule has 1 saturated heterocycles. The Morgan fingerprint density at radius 3 is 2.60 bits per heavy atom. The topological polar surface area (TPSA) is 32.8 Å². The number of carbonyl (C=O) groups is 1. The van der Waals surface area contributed by atoms with Gasteiger partial charge in [0.25, 0.3) is 5.91 Å². The molecule has 0 spiro atoms. The molecule has 2 rings (SSSR count). The number of nitrogens with zero attached hydrogens (tertiary/aromatic N) is 2. The molecular weight excluding hydrogens is 272 g/mol. The highest BCUT2D eigenvalue weighted by Crippen LogP contribution is 2.23. The molecule has 0 aromatic carbocycles. The lowest BCUT2D eigenvalue weighted by Gasteiger charge is -2.38. The lowest BCUT2D eigenvalue weighted by Crippen LogP contribution is -2.51. The highest BCUT2D eigenvalue weighted by molar-refractivity contribution is 7.07. The predicted octanol–water partition coefficient (Wildman–Crippen LogP) is 2.38. The fourth-order valence-electron chi connectivity index (χ4n) is 2.63. The van der Waals surface area contributed by atoms with Crippen LogP contribution in [-0.2, 0) is 9.53 Å². The van der Waals surface area contributed by atoms with Crippen molar-refractivity contribution in [2.45, 2.75) is 32.9 Å². The summed E-state index contributed by atoms with van der Waals surface area (Å²) in [6.45, 7) is 10.0. The van der Waals surface area contributed by atoms with Crippen molar-refractivity contribution >= 4 is 17.2 Å². The molecule has 0 aliphatic carbocycles. The zero-order valence-corrected chi connectivity index (χ0v) is 13.4. The standard InChI is InChI=1S/C15H24N2O2S/c1-4-19-13(3)15(18)17-8-6-16(7-9-17)12(2)14-5-10-20-11-14/h5,10-13H,4,6-9H2,1-3H3. The molecule has 2 heterocycles. The van der Waals surface area contributed by atoms with Crippen LogP contribution >= 0.6 is 11.3 Å². The molecule has 5 heteroatoms. The number of amides is 1. The van der Waals surface area contributed by atoms with Crippen LogP contribution in [-0.4, -0.2) is 54.6 Å². The maximum atomic E-state index is 12.2. The van der Waals surface area contributed by atoms with Crippen LogP contribution in [0.25, 0.3) is 0 Å². The Bertz CT molecular complexity index is 414. The lowest BCUT2D eigenvalue weighted by atomic mass is 10.1. The molecule has 20 heavy (non-hydrogen) atoms. The van der Waals surface area contributed by atoms with Gasteiger partial charge in [-0.15, -0.1) is 0 Å². The average molecular weight is 296 g/mol. The molecule has 1 aromatic rings. The Morgan fingerprint density at radius 2 is 2.05 bits per heavy atom. The van der Waals surface area contributed by atoms with E-state index in [1.165, 1.54) is 5.56 Å². The molecule has 1 amide bonds. The molecule has 0 saturated carbocycles. The first-order chi connectivity index (χ1) is 9.63. The maximum Gasteiger partial charge on any atom is 0.251 e. The van der Waals surface area contributed by atoms with Gasteiger partial charge in [-0.25, -0.2) is 0 Å². The van der Waals surface area contributed by atoms with Crippen LogP contribution in [0.2, 0.25) is 0 Å². The zero-order valence-electron chi connectivity index (χ0n) is 12.5. The first kappa shape index (κ1) is 15.5. The quantitative estimate of drug-likeness (QED) is 0.836. The summed E-state index contributed by atoms with van der Waals surface area (Å²) in [6.07, 6.45) is -0.319. The van der Waals surface area contributed by atoms with Crippen molar-refractivity contribution in [2.24, 2.45) is 0 Å². The molecule has 1 aliphatic heterocycles. The largest absolute Gasteiger partial charge is 0.369 e. The summed E-state index contributed by atoms with van der Waals surface area (Å²) in [5, 5.41) is 4.33. The molecule has 1 aromatic heterocycles. The fraction of sp³-hybridized carbons (Fsp3) is 0.667. The SMILES string of the molecule is CCOC(C)C(=O)N1CCN(C(C)c2ccsc2)CC1. The van der Waals surface area contributed by atoms with Gasteiger partial charge in [0.15, 0.2) is 0 Å². The second-order valence-corrected chi connectivity index (χ2v) is 5.97. The zero-order chi connectivity index (χ0) is 14.5. The molecule has 2 atom stereocenters. The van der Waals surface area contributed by atoms with Crippen molar-refractivity contribution in [3.63, 3.8) is 0 Å². The van der Waals surface area contributed by atoms with E-state index in [1.807, 2.05) is 18.7 Å². The van der Waals surface area contributed by atoms with Crippen molar-refractivity contribution in [3.05, 3.63) is 22.4 Å². The third-order valence-corrected chi connectivity index (χ3v) is 4.67. The molecule has 0 radical (unpaired) electrons. The van der Waals surface area contributed by atoms with Gasteiger partial charge in [-0.05, 0) is 43.2 Å². The van der Waals surface area contributed by atoms with Gasteiger partial charge in [-0.2, -0.15) is 11.3 Å². The number of thiophene rings is 1. The molecule has 0 N–H and O–H groups in total. The number of ether oxygens (including phenoxy) is 1. The molecule has 0 bridgehead atoms. The molecule has 112 valence electrons. The Hall–Kier alpha value is -0.910. The van der Waals surface area contributed by atoms with Crippen LogP contribution in [0.3, 0.4) is 0 Å². The molecule has 4 nitrogen and oxygen atoms in total. The van der Waals surface area contributed by atoms with Crippen molar-refractivity contribution < 1.29 is 9.53 Å². The van der Waals surface area contributed by atoms with Crippen LogP contribution in [0.15, 0.2) is 16.8 Å². The number of piperazine rings is 1. The number of carbonyl (C=O) groups excluding carboxylic acids is 1. The first-order valence-corrected chi connectivity index (χ1v) is 8.24. The summed E-state index contributed by atoms with van der Waals surface area (Å²) < 4.78 is 5.39. The van der Waals surface area contributed by atoms with Gasteiger partial charge in [0.05, 0.1) is 0 Å². The second-order valence-electron chi connectivity index (χ2n) is 5.19. The Balaban J connectivity index is 1.84. The van der Waals surface area contributed by atoms with Crippen LogP contribution in [0.4, 0.5) is 0 Å². The first-order valence-electron chi connectivity index (χ1n) is 7.30. The number of hydrogen-bond donors (Lipinski definition) is 0. The number of hydrogen-bond acceptors (Lipinski definition) is 4.